The van der Waals surface area contributed by atoms with E-state index in [0.29, 0.717) is 5.92 Å². The molecule has 0 aliphatic carbocycles. The molecule has 0 unspecified atom stereocenters. The van der Waals surface area contributed by atoms with Gasteiger partial charge in [0.05, 0.1) is 0 Å². The molecule has 0 aliphatic heterocycles. The molecule has 0 atom stereocenters. The number of pyridine rings is 8. The smallest absolute Gasteiger partial charge is 0.0270 e. The molecule has 0 fully saturated rings. The van der Waals surface area contributed by atoms with Gasteiger partial charge in [0.25, 0.3) is 0 Å². The lowest BCUT2D eigenvalue weighted by atomic mass is 9.88. The third-order valence-corrected chi connectivity index (χ3v) is 10.8. The number of rotatable bonds is 11. The minimum absolute atomic E-state index is 0.253. The molecule has 8 nitrogen and oxygen atoms in total. The Hall–Kier alpha value is -6.80. The maximum absolute atomic E-state index is 4.00. The minimum Gasteiger partial charge on any atom is -0.265 e. The van der Waals surface area contributed by atoms with Crippen LogP contribution in [0.25, 0.3) is 0 Å². The van der Waals surface area contributed by atoms with Crippen molar-refractivity contribution >= 4 is 0 Å². The fraction of sp³-hybridized carbons (Fsp3) is 0.365. The van der Waals surface area contributed by atoms with Gasteiger partial charge in [-0.3, -0.25) is 39.9 Å². The molecular weight excluding hydrogens is 869 g/mol. The zero-order valence-electron chi connectivity index (χ0n) is 45.1. The fourth-order valence-electron chi connectivity index (χ4n) is 6.32. The number of aryl methyl sites for hydroxylation is 4. The monoisotopic (exact) mass is 955 g/mol. The molecule has 0 aliphatic rings. The van der Waals surface area contributed by atoms with Crippen molar-refractivity contribution in [2.75, 3.05) is 0 Å². The Balaban J connectivity index is 0.000000408. The molecule has 0 saturated heterocycles. The summed E-state index contributed by atoms with van der Waals surface area (Å²) in [5.41, 5.74) is 9.76. The van der Waals surface area contributed by atoms with Gasteiger partial charge >= 0.3 is 0 Å². The van der Waals surface area contributed by atoms with E-state index in [1.807, 2.05) is 136 Å². The second-order valence-corrected chi connectivity index (χ2v) is 17.9. The predicted octanol–water partition coefficient (Wildman–Crippen LogP) is 16.5. The lowest BCUT2D eigenvalue weighted by molar-refractivity contribution is 0.589. The van der Waals surface area contributed by atoms with Gasteiger partial charge in [0.2, 0.25) is 0 Å². The highest BCUT2D eigenvalue weighted by Crippen LogP contribution is 2.22. The first-order valence-corrected chi connectivity index (χ1v) is 25.6. The SMILES string of the molecule is CC(C)(C)c1ccncc1.CC(C)c1ccncc1.CCC(CC)c1ccncc1.CCCCCc1ccncc1.CCCc1ccncc1.CCc1ccncc1.Cc1ccncc1.c1ccncc1. The average molecular weight is 955 g/mol. The second kappa shape index (κ2) is 42.1. The summed E-state index contributed by atoms with van der Waals surface area (Å²) in [7, 11) is 0. The number of hydrogen-bond donors (Lipinski definition) is 0. The highest BCUT2D eigenvalue weighted by molar-refractivity contribution is 5.19. The molecule has 8 aromatic heterocycles. The third kappa shape index (κ3) is 34.2. The third-order valence-electron chi connectivity index (χ3n) is 10.8. The van der Waals surface area contributed by atoms with E-state index in [0.717, 1.165) is 12.3 Å². The molecule has 0 spiro atoms. The molecule has 0 N–H and O–H groups in total. The van der Waals surface area contributed by atoms with E-state index in [2.05, 4.69) is 158 Å². The predicted molar refractivity (Wildman–Crippen MR) is 301 cm³/mol. The Morgan fingerprint density at radius 1 is 0.380 bits per heavy atom. The van der Waals surface area contributed by atoms with Gasteiger partial charge in [0.1, 0.15) is 0 Å². The summed E-state index contributed by atoms with van der Waals surface area (Å²) in [5, 5.41) is 0. The van der Waals surface area contributed by atoms with Crippen LogP contribution in [0.1, 0.15) is 159 Å². The Morgan fingerprint density at radius 2 is 0.746 bits per heavy atom. The van der Waals surface area contributed by atoms with E-state index < -0.39 is 0 Å². The lowest BCUT2D eigenvalue weighted by Gasteiger charge is -2.17. The van der Waals surface area contributed by atoms with Crippen LogP contribution in [0.2, 0.25) is 0 Å². The molecule has 0 saturated carbocycles. The van der Waals surface area contributed by atoms with Gasteiger partial charge < -0.3 is 0 Å². The highest BCUT2D eigenvalue weighted by Gasteiger charge is 2.11. The van der Waals surface area contributed by atoms with Crippen molar-refractivity contribution < 1.29 is 0 Å². The van der Waals surface area contributed by atoms with Crippen LogP contribution in [0, 0.1) is 6.92 Å². The fourth-order valence-corrected chi connectivity index (χ4v) is 6.32. The van der Waals surface area contributed by atoms with Crippen molar-refractivity contribution in [2.24, 2.45) is 0 Å². The van der Waals surface area contributed by atoms with Crippen LogP contribution in [-0.4, -0.2) is 39.9 Å². The first kappa shape index (κ1) is 62.2. The van der Waals surface area contributed by atoms with Gasteiger partial charge in [-0.2, -0.15) is 0 Å². The van der Waals surface area contributed by atoms with Crippen molar-refractivity contribution in [1.29, 1.82) is 0 Å². The van der Waals surface area contributed by atoms with E-state index in [1.165, 1.54) is 90.3 Å². The quantitative estimate of drug-likeness (QED) is 0.118. The Kier molecular flexibility index (Phi) is 36.9. The zero-order valence-corrected chi connectivity index (χ0v) is 45.1. The number of hydrogen-bond acceptors (Lipinski definition) is 8. The first-order chi connectivity index (χ1) is 34.5. The summed E-state index contributed by atoms with van der Waals surface area (Å²) in [6, 6.07) is 34.4. The second-order valence-electron chi connectivity index (χ2n) is 17.9. The Bertz CT molecular complexity index is 2250. The van der Waals surface area contributed by atoms with Gasteiger partial charge in [0.15, 0.2) is 0 Å². The Morgan fingerprint density at radius 3 is 1.01 bits per heavy atom. The van der Waals surface area contributed by atoms with E-state index in [4.69, 9.17) is 0 Å². The van der Waals surface area contributed by atoms with Gasteiger partial charge in [-0.1, -0.05) is 94.6 Å². The van der Waals surface area contributed by atoms with E-state index in [1.54, 1.807) is 24.8 Å². The first-order valence-electron chi connectivity index (χ1n) is 25.6. The van der Waals surface area contributed by atoms with Gasteiger partial charge in [-0.25, -0.2) is 0 Å². The van der Waals surface area contributed by atoms with Gasteiger partial charge in [0, 0.05) is 99.1 Å². The van der Waals surface area contributed by atoms with Crippen molar-refractivity contribution in [3.05, 3.63) is 241 Å². The maximum atomic E-state index is 4.00. The maximum Gasteiger partial charge on any atom is 0.0270 e. The molecule has 8 rings (SSSR count). The number of aromatic nitrogens is 8. The molecule has 0 bridgehead atoms. The lowest BCUT2D eigenvalue weighted by Crippen LogP contribution is -2.10. The van der Waals surface area contributed by atoms with E-state index in [9.17, 15) is 0 Å². The molecular formula is C63H86N8. The van der Waals surface area contributed by atoms with Crippen molar-refractivity contribution in [3.63, 3.8) is 0 Å². The zero-order chi connectivity index (χ0) is 52.1. The van der Waals surface area contributed by atoms with Crippen LogP contribution in [0.15, 0.2) is 202 Å². The van der Waals surface area contributed by atoms with Crippen LogP contribution in [-0.2, 0) is 24.7 Å². The van der Waals surface area contributed by atoms with Crippen LogP contribution < -0.4 is 0 Å². The van der Waals surface area contributed by atoms with E-state index in [-0.39, 0.29) is 5.41 Å². The topological polar surface area (TPSA) is 103 Å². The summed E-state index contributed by atoms with van der Waals surface area (Å²) in [6.07, 6.45) is 40.2. The van der Waals surface area contributed by atoms with Crippen LogP contribution >= 0.6 is 0 Å². The van der Waals surface area contributed by atoms with Crippen LogP contribution in [0.4, 0.5) is 0 Å². The Labute approximate surface area is 430 Å². The van der Waals surface area contributed by atoms with Gasteiger partial charge in [-0.05, 0) is 199 Å². The molecule has 8 aromatic rings. The highest BCUT2D eigenvalue weighted by atomic mass is 14.6. The molecule has 71 heavy (non-hydrogen) atoms. The van der Waals surface area contributed by atoms with Crippen molar-refractivity contribution in [1.82, 2.24) is 39.9 Å². The molecule has 8 heteroatoms. The largest absolute Gasteiger partial charge is 0.265 e. The summed E-state index contributed by atoms with van der Waals surface area (Å²) in [4.78, 5) is 31.3. The summed E-state index contributed by atoms with van der Waals surface area (Å²) in [5.74, 6) is 1.34. The summed E-state index contributed by atoms with van der Waals surface area (Å²) in [6.45, 7) is 24.0. The molecule has 0 amide bonds. The van der Waals surface area contributed by atoms with Crippen molar-refractivity contribution in [2.45, 2.75) is 151 Å². The molecule has 378 valence electrons. The van der Waals surface area contributed by atoms with Crippen molar-refractivity contribution in [3.8, 4) is 0 Å². The average Bonchev–Trinajstić information content (AvgIpc) is 3.43. The van der Waals surface area contributed by atoms with E-state index >= 15 is 0 Å². The molecule has 0 radical (unpaired) electrons. The standard InChI is InChI=1S/2C10H15N.C9H13N.2C8H11N.C7H9N.C6H7N.C5H5N/c1-3-9(4-2)10-5-7-11-8-6-10;1-2-3-4-5-10-6-8-11-9-7-10;1-9(2,3)8-4-6-10-7-5-8;1-7(2)8-3-5-9-6-4-8;1-2-3-8-4-6-9-7-5-8;1-2-7-3-5-8-6-4-7;1-6-2-4-7-5-3-6;1-2-4-6-5-3-1/h5-9H,3-4H2,1-2H3;6-9H,2-5H2,1H3;4-7H,1-3H3;3-7H,1-2H3;4-7H,2-3H2,1H3;3-6H,2H2,1H3;2-5H,1H3;1-5H. The summed E-state index contributed by atoms with van der Waals surface area (Å²) >= 11 is 0. The summed E-state index contributed by atoms with van der Waals surface area (Å²) < 4.78 is 0. The van der Waals surface area contributed by atoms with Crippen LogP contribution in [0.3, 0.4) is 0 Å². The minimum atomic E-state index is 0.253. The molecule has 8 heterocycles. The van der Waals surface area contributed by atoms with Crippen LogP contribution in [0.5, 0.6) is 0 Å². The van der Waals surface area contributed by atoms with Gasteiger partial charge in [-0.15, -0.1) is 0 Å². The molecule has 0 aromatic carbocycles. The normalized spacial score (nSPS) is 9.82. The number of unbranched alkanes of at least 4 members (excludes halogenated alkanes) is 2. The number of nitrogens with zero attached hydrogens (tertiary/aromatic N) is 8.